The van der Waals surface area contributed by atoms with Crippen LogP contribution in [0.4, 0.5) is 0 Å². The monoisotopic (exact) mass is 359 g/mol. The zero-order valence-electron chi connectivity index (χ0n) is 11.9. The summed E-state index contributed by atoms with van der Waals surface area (Å²) in [6.07, 6.45) is 3.43. The quantitative estimate of drug-likeness (QED) is 0.896. The second-order valence-corrected chi connectivity index (χ2v) is 6.11. The van der Waals surface area contributed by atoms with Gasteiger partial charge in [0.1, 0.15) is 0 Å². The van der Waals surface area contributed by atoms with Crippen molar-refractivity contribution >= 4 is 27.5 Å². The van der Waals surface area contributed by atoms with Crippen molar-refractivity contribution in [3.63, 3.8) is 0 Å². The van der Waals surface area contributed by atoms with E-state index in [1.807, 2.05) is 6.07 Å². The van der Waals surface area contributed by atoms with Gasteiger partial charge >= 0.3 is 0 Å². The molecule has 3 rings (SSSR count). The molecule has 1 N–H and O–H groups in total. The minimum absolute atomic E-state index is 0.262. The third-order valence-electron chi connectivity index (χ3n) is 3.51. The third-order valence-corrected chi connectivity index (χ3v) is 4.00. The minimum atomic E-state index is -1.50. The Kier molecular flexibility index (Phi) is 3.80. The van der Waals surface area contributed by atoms with E-state index in [9.17, 15) is 9.90 Å². The molecule has 0 bridgehead atoms. The van der Waals surface area contributed by atoms with Crippen LogP contribution in [0.1, 0.15) is 29.3 Å². The lowest BCUT2D eigenvalue weighted by Gasteiger charge is -2.31. The Morgan fingerprint density at radius 1 is 1.36 bits per heavy atom. The van der Waals surface area contributed by atoms with Gasteiger partial charge in [0.25, 0.3) is 5.91 Å². The van der Waals surface area contributed by atoms with E-state index in [1.165, 1.54) is 0 Å². The molecular formula is C16H14BrN3O2. The number of hydrazone groups is 1. The molecule has 0 saturated carbocycles. The highest BCUT2D eigenvalue weighted by molar-refractivity contribution is 9.10. The summed E-state index contributed by atoms with van der Waals surface area (Å²) in [4.78, 5) is 16.8. The van der Waals surface area contributed by atoms with Crippen LogP contribution in [0.5, 0.6) is 0 Å². The molecule has 1 aromatic carbocycles. The van der Waals surface area contributed by atoms with Gasteiger partial charge in [-0.15, -0.1) is 0 Å². The van der Waals surface area contributed by atoms with E-state index in [2.05, 4.69) is 26.0 Å². The predicted octanol–water partition coefficient (Wildman–Crippen LogP) is 2.91. The van der Waals surface area contributed by atoms with Crippen molar-refractivity contribution in [2.45, 2.75) is 19.1 Å². The fraction of sp³-hybridized carbons (Fsp3) is 0.188. The van der Waals surface area contributed by atoms with Crippen molar-refractivity contribution in [3.8, 4) is 0 Å². The molecule has 1 unspecified atom stereocenters. The first kappa shape index (κ1) is 14.9. The number of hydrogen-bond acceptors (Lipinski definition) is 4. The van der Waals surface area contributed by atoms with Crippen LogP contribution in [0.3, 0.4) is 0 Å². The summed E-state index contributed by atoms with van der Waals surface area (Å²) in [7, 11) is 0. The van der Waals surface area contributed by atoms with Crippen molar-refractivity contribution in [1.82, 2.24) is 9.99 Å². The second kappa shape index (κ2) is 5.62. The van der Waals surface area contributed by atoms with Crippen molar-refractivity contribution in [2.24, 2.45) is 5.10 Å². The Balaban J connectivity index is 2.02. The molecule has 22 heavy (non-hydrogen) atoms. The second-order valence-electron chi connectivity index (χ2n) is 5.20. The summed E-state index contributed by atoms with van der Waals surface area (Å²) in [6, 6.07) is 10.5. The fourth-order valence-corrected chi connectivity index (χ4v) is 2.90. The molecule has 0 saturated heterocycles. The van der Waals surface area contributed by atoms with E-state index in [1.54, 1.807) is 49.6 Å². The van der Waals surface area contributed by atoms with Gasteiger partial charge in [-0.25, -0.2) is 0 Å². The predicted molar refractivity (Wildman–Crippen MR) is 86.2 cm³/mol. The number of aromatic nitrogens is 1. The summed E-state index contributed by atoms with van der Waals surface area (Å²) in [5.41, 5.74) is 0.182. The molecule has 1 amide bonds. The number of amides is 1. The lowest BCUT2D eigenvalue weighted by molar-refractivity contribution is -0.0767. The maximum atomic E-state index is 12.8. The summed E-state index contributed by atoms with van der Waals surface area (Å²) in [6.45, 7) is 1.79. The zero-order valence-corrected chi connectivity index (χ0v) is 13.5. The number of nitrogens with zero attached hydrogens (tertiary/aromatic N) is 3. The summed E-state index contributed by atoms with van der Waals surface area (Å²) < 4.78 is 0.795. The van der Waals surface area contributed by atoms with E-state index in [0.29, 0.717) is 16.8 Å². The number of aliphatic hydroxyl groups is 1. The topological polar surface area (TPSA) is 65.8 Å². The van der Waals surface area contributed by atoms with Crippen molar-refractivity contribution in [1.29, 1.82) is 0 Å². The normalized spacial score (nSPS) is 20.9. The molecule has 1 aromatic heterocycles. The highest BCUT2D eigenvalue weighted by atomic mass is 79.9. The van der Waals surface area contributed by atoms with E-state index in [4.69, 9.17) is 0 Å². The summed E-state index contributed by atoms with van der Waals surface area (Å²) in [5, 5.41) is 16.4. The van der Waals surface area contributed by atoms with Crippen molar-refractivity contribution in [3.05, 3.63) is 64.4 Å². The number of rotatable bonds is 2. The number of pyridine rings is 1. The molecule has 0 radical (unpaired) electrons. The van der Waals surface area contributed by atoms with Gasteiger partial charge in [0, 0.05) is 40.1 Å². The van der Waals surface area contributed by atoms with E-state index in [0.717, 1.165) is 9.48 Å². The Hall–Kier alpha value is -2.05. The average Bonchev–Trinajstić information content (AvgIpc) is 2.83. The minimum Gasteiger partial charge on any atom is -0.365 e. The molecule has 0 aliphatic carbocycles. The first-order chi connectivity index (χ1) is 10.5. The Morgan fingerprint density at radius 2 is 2.18 bits per heavy atom. The molecule has 1 aliphatic rings. The average molecular weight is 360 g/mol. The van der Waals surface area contributed by atoms with Gasteiger partial charge in [-0.05, 0) is 31.2 Å². The number of benzene rings is 1. The number of halogens is 1. The van der Waals surface area contributed by atoms with Gasteiger partial charge in [-0.2, -0.15) is 10.1 Å². The molecule has 0 spiro atoms. The van der Waals surface area contributed by atoms with Crippen molar-refractivity contribution < 1.29 is 9.90 Å². The molecule has 2 aromatic rings. The first-order valence-corrected chi connectivity index (χ1v) is 7.57. The Bertz CT molecular complexity index is 748. The lowest BCUT2D eigenvalue weighted by Crippen LogP contribution is -2.43. The maximum absolute atomic E-state index is 12.8. The van der Waals surface area contributed by atoms with Crippen molar-refractivity contribution in [2.75, 3.05) is 0 Å². The van der Waals surface area contributed by atoms with Crippen LogP contribution >= 0.6 is 15.9 Å². The fourth-order valence-electron chi connectivity index (χ4n) is 2.50. The van der Waals surface area contributed by atoms with Crippen LogP contribution in [0, 0.1) is 0 Å². The van der Waals surface area contributed by atoms with Crippen LogP contribution in [0.25, 0.3) is 0 Å². The SMILES string of the molecule is CC1=NN(C(=O)c2cccc(Br)c2)C(O)(c2cccnc2)C1. The highest BCUT2D eigenvalue weighted by Gasteiger charge is 2.45. The van der Waals surface area contributed by atoms with E-state index in [-0.39, 0.29) is 12.3 Å². The molecule has 5 nitrogen and oxygen atoms in total. The van der Waals surface area contributed by atoms with Crippen LogP contribution in [-0.2, 0) is 5.72 Å². The molecule has 1 atom stereocenters. The molecule has 6 heteroatoms. The van der Waals surface area contributed by atoms with E-state index >= 15 is 0 Å². The smallest absolute Gasteiger partial charge is 0.276 e. The Morgan fingerprint density at radius 3 is 2.86 bits per heavy atom. The van der Waals surface area contributed by atoms with Crippen LogP contribution in [-0.4, -0.2) is 26.7 Å². The largest absolute Gasteiger partial charge is 0.365 e. The maximum Gasteiger partial charge on any atom is 0.276 e. The number of hydrogen-bond donors (Lipinski definition) is 1. The van der Waals surface area contributed by atoms with Gasteiger partial charge < -0.3 is 5.11 Å². The molecule has 2 heterocycles. The first-order valence-electron chi connectivity index (χ1n) is 6.78. The van der Waals surface area contributed by atoms with Gasteiger partial charge in [0.15, 0.2) is 5.72 Å². The van der Waals surface area contributed by atoms with Gasteiger partial charge in [-0.1, -0.05) is 28.1 Å². The zero-order chi connectivity index (χ0) is 15.7. The molecule has 112 valence electrons. The van der Waals surface area contributed by atoms with E-state index < -0.39 is 5.72 Å². The van der Waals surface area contributed by atoms with Crippen LogP contribution < -0.4 is 0 Å². The Labute approximate surface area is 136 Å². The highest BCUT2D eigenvalue weighted by Crippen LogP contribution is 2.36. The lowest BCUT2D eigenvalue weighted by atomic mass is 9.99. The van der Waals surface area contributed by atoms with Gasteiger partial charge in [-0.3, -0.25) is 9.78 Å². The summed E-state index contributed by atoms with van der Waals surface area (Å²) >= 11 is 3.35. The number of carbonyl (C=O) groups excluding carboxylic acids is 1. The van der Waals surface area contributed by atoms with Crippen LogP contribution in [0.15, 0.2) is 58.4 Å². The molecular weight excluding hydrogens is 346 g/mol. The van der Waals surface area contributed by atoms with Gasteiger partial charge in [0.05, 0.1) is 0 Å². The van der Waals surface area contributed by atoms with Crippen LogP contribution in [0.2, 0.25) is 0 Å². The molecule has 1 aliphatic heterocycles. The van der Waals surface area contributed by atoms with Gasteiger partial charge in [0.2, 0.25) is 0 Å². The molecule has 0 fully saturated rings. The number of carbonyl (C=O) groups is 1. The third kappa shape index (κ3) is 2.55. The standard InChI is InChI=1S/C16H14BrN3O2/c1-11-9-16(22,13-5-3-7-18-10-13)20(19-11)15(21)12-4-2-6-14(17)8-12/h2-8,10,22H,9H2,1H3. The summed E-state index contributed by atoms with van der Waals surface area (Å²) in [5.74, 6) is -0.357.